The SMILES string of the molecule is CCOC(=O)N1CCC(c2ccc(COC3C(C(F)(F)F)=CC=CC3C3=NC(N4[N+]#CCC(C(=O)O)=C4C(F)(F)F)=CCC3)cc2)C1. The number of benzene rings is 1. The number of carboxylic acid groups (broad SMARTS) is 1. The first-order valence-corrected chi connectivity index (χ1v) is 14.9. The second-order valence-corrected chi connectivity index (χ2v) is 11.2. The van der Waals surface area contributed by atoms with E-state index < -0.39 is 53.6 Å². The Kier molecular flexibility index (Phi) is 9.81. The number of carboxylic acids is 1. The molecule has 0 saturated carbocycles. The summed E-state index contributed by atoms with van der Waals surface area (Å²) < 4.78 is 95.5. The summed E-state index contributed by atoms with van der Waals surface area (Å²) in [7, 11) is 0. The summed E-state index contributed by atoms with van der Waals surface area (Å²) in [5.74, 6) is -3.18. The Balaban J connectivity index is 1.35. The molecule has 3 unspecified atom stereocenters. The van der Waals surface area contributed by atoms with Crippen molar-refractivity contribution in [3.05, 3.63) is 87.3 Å². The van der Waals surface area contributed by atoms with Crippen LogP contribution in [0.1, 0.15) is 49.7 Å². The molecule has 250 valence electrons. The van der Waals surface area contributed by atoms with Crippen LogP contribution >= 0.6 is 0 Å². The van der Waals surface area contributed by atoms with Crippen LogP contribution in [-0.2, 0) is 20.9 Å². The van der Waals surface area contributed by atoms with E-state index in [1.807, 2.05) is 12.1 Å². The van der Waals surface area contributed by atoms with Gasteiger partial charge in [-0.2, -0.15) is 26.3 Å². The smallest absolute Gasteiger partial charge is 0.439 e. The number of aliphatic carboxylic acids is 1. The minimum Gasteiger partial charge on any atom is -0.478 e. The molecule has 3 heterocycles. The Morgan fingerprint density at radius 2 is 1.87 bits per heavy atom. The molecule has 47 heavy (non-hydrogen) atoms. The Hall–Kier alpha value is -4.58. The highest BCUT2D eigenvalue weighted by molar-refractivity contribution is 5.91. The average Bonchev–Trinajstić information content (AvgIpc) is 3.53. The normalized spacial score (nSPS) is 23.1. The molecule has 3 atom stereocenters. The number of allylic oxidation sites excluding steroid dienone is 4. The van der Waals surface area contributed by atoms with Crippen molar-refractivity contribution < 1.29 is 50.5 Å². The summed E-state index contributed by atoms with van der Waals surface area (Å²) in [6.07, 6.45) is -6.65. The van der Waals surface area contributed by atoms with E-state index in [0.29, 0.717) is 23.7 Å². The molecular formula is C32H31F6N4O5+. The zero-order valence-corrected chi connectivity index (χ0v) is 25.1. The van der Waals surface area contributed by atoms with Gasteiger partial charge in [-0.1, -0.05) is 42.5 Å². The van der Waals surface area contributed by atoms with E-state index in [1.165, 1.54) is 18.2 Å². The number of aliphatic imine (C=N–C) groups is 1. The van der Waals surface area contributed by atoms with Crippen LogP contribution in [0.25, 0.3) is 4.95 Å². The number of likely N-dealkylation sites (tertiary alicyclic amines) is 1. The Bertz CT molecular complexity index is 1610. The van der Waals surface area contributed by atoms with Gasteiger partial charge in [0.1, 0.15) is 6.42 Å². The number of ether oxygens (including phenoxy) is 2. The highest BCUT2D eigenvalue weighted by Crippen LogP contribution is 2.41. The van der Waals surface area contributed by atoms with Crippen LogP contribution in [0.5, 0.6) is 0 Å². The second kappa shape index (κ2) is 13.6. The number of halogens is 6. The molecule has 1 aromatic carbocycles. The number of nitrogens with zero attached hydrogens (tertiary/aromatic N) is 4. The molecule has 0 spiro atoms. The molecule has 0 bridgehead atoms. The van der Waals surface area contributed by atoms with Gasteiger partial charge in [-0.05, 0) is 43.4 Å². The lowest BCUT2D eigenvalue weighted by atomic mass is 9.84. The topological polar surface area (TPSA) is 96.0 Å². The minimum absolute atomic E-state index is 0.0784. The van der Waals surface area contributed by atoms with E-state index in [0.717, 1.165) is 18.1 Å². The number of hydrogen-bond donors (Lipinski definition) is 1. The van der Waals surface area contributed by atoms with Crippen LogP contribution in [0, 0.1) is 12.0 Å². The first-order valence-electron chi connectivity index (χ1n) is 14.9. The molecular weight excluding hydrogens is 634 g/mol. The molecule has 0 radical (unpaired) electrons. The molecule has 1 amide bonds. The lowest BCUT2D eigenvalue weighted by Gasteiger charge is -2.32. The summed E-state index contributed by atoms with van der Waals surface area (Å²) >= 11 is 0. The maximum atomic E-state index is 14.2. The zero-order chi connectivity index (χ0) is 33.9. The van der Waals surface area contributed by atoms with E-state index in [2.05, 4.69) is 16.0 Å². The van der Waals surface area contributed by atoms with Gasteiger partial charge in [0.05, 0.1) is 35.4 Å². The summed E-state index contributed by atoms with van der Waals surface area (Å²) in [6.45, 7) is 2.84. The lowest BCUT2D eigenvalue weighted by Crippen LogP contribution is -2.39. The van der Waals surface area contributed by atoms with Gasteiger partial charge in [-0.15, -0.1) is 0 Å². The second-order valence-electron chi connectivity index (χ2n) is 11.2. The number of alkyl halides is 6. The van der Waals surface area contributed by atoms with Gasteiger partial charge in [0.25, 0.3) is 0 Å². The van der Waals surface area contributed by atoms with Gasteiger partial charge in [-0.25, -0.2) is 14.6 Å². The fourth-order valence-corrected chi connectivity index (χ4v) is 5.94. The summed E-state index contributed by atoms with van der Waals surface area (Å²) in [5, 5.41) is 9.70. The number of carbonyl (C=O) groups is 2. The van der Waals surface area contributed by atoms with Crippen LogP contribution in [0.2, 0.25) is 0 Å². The van der Waals surface area contributed by atoms with Gasteiger partial charge in [0.15, 0.2) is 0 Å². The fraction of sp³-hybridized carbons (Fsp3) is 0.438. The standard InChI is InChI=1S/C32H30F6N4O5/c1-2-46-30(45)41-16-14-21(17-41)20-11-9-19(10-12-20)18-47-27-22(5-3-6-24(27)31(33,34)35)25-7-4-8-26(40-25)42-28(32(36,37)38)23(29(43)44)13-15-39-42/h3,5-6,8-12,21-22,27H,2,4,7,13-14,16-18H2,1H3/p+1. The molecule has 5 rings (SSSR count). The van der Waals surface area contributed by atoms with E-state index in [4.69, 9.17) is 9.47 Å². The maximum Gasteiger partial charge on any atom is 0.439 e. The lowest BCUT2D eigenvalue weighted by molar-refractivity contribution is -0.135. The van der Waals surface area contributed by atoms with Crippen molar-refractivity contribution in [3.8, 4) is 6.07 Å². The number of amides is 1. The van der Waals surface area contributed by atoms with Gasteiger partial charge in [0, 0.05) is 35.6 Å². The zero-order valence-electron chi connectivity index (χ0n) is 25.1. The van der Waals surface area contributed by atoms with Crippen molar-refractivity contribution in [2.75, 3.05) is 19.7 Å². The molecule has 1 aromatic rings. The average molecular weight is 666 g/mol. The molecule has 0 aromatic heterocycles. The fourth-order valence-electron chi connectivity index (χ4n) is 5.94. The molecule has 3 aliphatic heterocycles. The predicted molar refractivity (Wildman–Crippen MR) is 157 cm³/mol. The van der Waals surface area contributed by atoms with E-state index in [9.17, 15) is 41.0 Å². The number of hydrogen-bond acceptors (Lipinski definition) is 6. The largest absolute Gasteiger partial charge is 0.478 e. The minimum atomic E-state index is -5.11. The molecule has 1 aliphatic carbocycles. The van der Waals surface area contributed by atoms with Gasteiger partial charge < -0.3 is 19.5 Å². The van der Waals surface area contributed by atoms with E-state index >= 15 is 0 Å². The highest BCUT2D eigenvalue weighted by atomic mass is 19.4. The third kappa shape index (κ3) is 7.54. The van der Waals surface area contributed by atoms with Crippen LogP contribution in [-0.4, -0.2) is 70.9 Å². The summed E-state index contributed by atoms with van der Waals surface area (Å²) in [6, 6.07) is 9.41. The molecule has 9 nitrogen and oxygen atoms in total. The van der Waals surface area contributed by atoms with E-state index in [1.54, 1.807) is 24.0 Å². The molecule has 15 heteroatoms. The van der Waals surface area contributed by atoms with Crippen molar-refractivity contribution >= 4 is 17.8 Å². The van der Waals surface area contributed by atoms with Gasteiger partial charge >= 0.3 is 30.5 Å². The van der Waals surface area contributed by atoms with Crippen LogP contribution in [0.4, 0.5) is 31.1 Å². The number of rotatable bonds is 8. The maximum absolute atomic E-state index is 14.2. The first-order chi connectivity index (χ1) is 22.3. The van der Waals surface area contributed by atoms with E-state index in [-0.39, 0.29) is 49.6 Å². The quantitative estimate of drug-likeness (QED) is 0.297. The third-order valence-corrected chi connectivity index (χ3v) is 8.19. The number of carbonyl (C=O) groups excluding carboxylic acids is 1. The van der Waals surface area contributed by atoms with Gasteiger partial charge in [-0.3, -0.25) is 0 Å². The third-order valence-electron chi connectivity index (χ3n) is 8.19. The Morgan fingerprint density at radius 1 is 1.13 bits per heavy atom. The molecule has 1 fully saturated rings. The van der Waals surface area contributed by atoms with Crippen LogP contribution < -0.4 is 0 Å². The molecule has 4 aliphatic rings. The highest BCUT2D eigenvalue weighted by Gasteiger charge is 2.51. The van der Waals surface area contributed by atoms with Crippen LogP contribution in [0.15, 0.2) is 76.2 Å². The predicted octanol–water partition coefficient (Wildman–Crippen LogP) is 7.12. The monoisotopic (exact) mass is 665 g/mol. The van der Waals surface area contributed by atoms with Crippen molar-refractivity contribution in [3.63, 3.8) is 0 Å². The Labute approximate surface area is 265 Å². The van der Waals surface area contributed by atoms with Crippen LogP contribution in [0.3, 0.4) is 0 Å². The Morgan fingerprint density at radius 3 is 2.53 bits per heavy atom. The van der Waals surface area contributed by atoms with Crippen molar-refractivity contribution in [1.29, 1.82) is 0 Å². The van der Waals surface area contributed by atoms with Gasteiger partial charge in [0.2, 0.25) is 11.5 Å². The van der Waals surface area contributed by atoms with Crippen molar-refractivity contribution in [2.24, 2.45) is 10.9 Å². The summed E-state index contributed by atoms with van der Waals surface area (Å²) in [5.41, 5.74) is -1.82. The molecule has 1 N–H and O–H groups in total. The molecule has 1 saturated heterocycles. The summed E-state index contributed by atoms with van der Waals surface area (Å²) in [4.78, 5) is 33.1. The first kappa shape index (κ1) is 33.8. The van der Waals surface area contributed by atoms with Crippen molar-refractivity contribution in [1.82, 2.24) is 9.91 Å². The van der Waals surface area contributed by atoms with Crippen molar-refractivity contribution in [2.45, 2.75) is 63.6 Å².